The van der Waals surface area contributed by atoms with E-state index in [1.807, 2.05) is 24.3 Å². The summed E-state index contributed by atoms with van der Waals surface area (Å²) < 4.78 is 29.8. The minimum Gasteiger partial charge on any atom is -0.497 e. The van der Waals surface area contributed by atoms with Crippen LogP contribution in [-0.4, -0.2) is 84.7 Å². The summed E-state index contributed by atoms with van der Waals surface area (Å²) >= 11 is 0. The number of hydrogen-bond acceptors (Lipinski definition) is 7. The Morgan fingerprint density at radius 1 is 1.10 bits per heavy atom. The minimum atomic E-state index is -2.93. The van der Waals surface area contributed by atoms with Crippen LogP contribution in [0.2, 0.25) is 0 Å². The van der Waals surface area contributed by atoms with Gasteiger partial charge in [-0.25, -0.2) is 13.1 Å². The first kappa shape index (κ1) is 21.5. The fourth-order valence-corrected chi connectivity index (χ4v) is 5.87. The predicted molar refractivity (Wildman–Crippen MR) is 116 cm³/mol. The molecule has 2 saturated heterocycles. The number of sulfone groups is 1. The average molecular weight is 447 g/mol. The van der Waals surface area contributed by atoms with Crippen LogP contribution in [0.1, 0.15) is 6.42 Å². The fraction of sp³-hybridized carbons (Fsp3) is 0.476. The third-order valence-corrected chi connectivity index (χ3v) is 7.68. The molecule has 2 fully saturated rings. The maximum Gasteiger partial charge on any atom is 0.267 e. The second-order valence-corrected chi connectivity index (χ2v) is 10.1. The van der Waals surface area contributed by atoms with Crippen molar-refractivity contribution in [2.24, 2.45) is 0 Å². The number of methoxy groups -OCH3 is 1. The SMILES string of the molecule is COc1ccc(-c2ccc(=O)n(CC(=O)N3CCN([C@@H]4CCS(=O)(=O)C4)CC3)n2)cc1. The molecule has 0 unspecified atom stereocenters. The van der Waals surface area contributed by atoms with Gasteiger partial charge in [0, 0.05) is 43.9 Å². The van der Waals surface area contributed by atoms with Crippen molar-refractivity contribution in [3.05, 3.63) is 46.8 Å². The molecule has 2 aromatic rings. The molecule has 1 aromatic carbocycles. The van der Waals surface area contributed by atoms with E-state index in [0.717, 1.165) is 11.3 Å². The average Bonchev–Trinajstić information content (AvgIpc) is 3.15. The molecule has 3 heterocycles. The van der Waals surface area contributed by atoms with Gasteiger partial charge in [-0.3, -0.25) is 14.5 Å². The van der Waals surface area contributed by atoms with Crippen molar-refractivity contribution in [2.45, 2.75) is 19.0 Å². The Labute approximate surface area is 181 Å². The number of aromatic nitrogens is 2. The number of rotatable bonds is 5. The molecule has 0 radical (unpaired) electrons. The normalized spacial score (nSPS) is 21.2. The highest BCUT2D eigenvalue weighted by Crippen LogP contribution is 2.20. The van der Waals surface area contributed by atoms with Gasteiger partial charge in [0.05, 0.1) is 24.3 Å². The first-order chi connectivity index (χ1) is 14.8. The van der Waals surface area contributed by atoms with E-state index in [9.17, 15) is 18.0 Å². The third-order valence-electron chi connectivity index (χ3n) is 5.93. The number of hydrogen-bond donors (Lipinski definition) is 0. The van der Waals surface area contributed by atoms with Gasteiger partial charge in [0.1, 0.15) is 12.3 Å². The Kier molecular flexibility index (Phi) is 6.10. The van der Waals surface area contributed by atoms with Crippen molar-refractivity contribution in [2.75, 3.05) is 44.8 Å². The monoisotopic (exact) mass is 446 g/mol. The van der Waals surface area contributed by atoms with E-state index in [1.165, 1.54) is 10.7 Å². The largest absolute Gasteiger partial charge is 0.497 e. The van der Waals surface area contributed by atoms with Crippen molar-refractivity contribution in [3.8, 4) is 17.0 Å². The first-order valence-corrected chi connectivity index (χ1v) is 12.1. The van der Waals surface area contributed by atoms with Crippen LogP contribution in [0.4, 0.5) is 0 Å². The summed E-state index contributed by atoms with van der Waals surface area (Å²) in [6.07, 6.45) is 0.660. The van der Waals surface area contributed by atoms with Crippen molar-refractivity contribution in [1.82, 2.24) is 19.6 Å². The molecule has 0 bridgehead atoms. The van der Waals surface area contributed by atoms with Crippen molar-refractivity contribution in [1.29, 1.82) is 0 Å². The Hall–Kier alpha value is -2.72. The van der Waals surface area contributed by atoms with Gasteiger partial charge in [0.2, 0.25) is 5.91 Å². The standard InChI is InChI=1S/C21H26N4O5S/c1-30-18-4-2-16(3-5-18)19-6-7-20(26)25(22-19)14-21(27)24-11-9-23(10-12-24)17-8-13-31(28,29)15-17/h2-7,17H,8-15H2,1H3/t17-/m1/s1. The summed E-state index contributed by atoms with van der Waals surface area (Å²) in [5.74, 6) is 1.01. The van der Waals surface area contributed by atoms with Gasteiger partial charge in [0.15, 0.2) is 9.84 Å². The lowest BCUT2D eigenvalue weighted by Gasteiger charge is -2.37. The lowest BCUT2D eigenvalue weighted by molar-refractivity contribution is -0.134. The van der Waals surface area contributed by atoms with E-state index in [0.29, 0.717) is 38.3 Å². The third kappa shape index (κ3) is 4.96. The first-order valence-electron chi connectivity index (χ1n) is 10.3. The van der Waals surface area contributed by atoms with E-state index in [-0.39, 0.29) is 35.6 Å². The zero-order valence-corrected chi connectivity index (χ0v) is 18.3. The molecule has 1 atom stereocenters. The second kappa shape index (κ2) is 8.80. The topological polar surface area (TPSA) is 102 Å². The van der Waals surface area contributed by atoms with E-state index in [1.54, 1.807) is 18.1 Å². The summed E-state index contributed by atoms with van der Waals surface area (Å²) in [4.78, 5) is 28.9. The number of ether oxygens (including phenoxy) is 1. The highest BCUT2D eigenvalue weighted by atomic mass is 32.2. The highest BCUT2D eigenvalue weighted by Gasteiger charge is 2.34. The summed E-state index contributed by atoms with van der Waals surface area (Å²) in [5, 5.41) is 4.37. The lowest BCUT2D eigenvalue weighted by atomic mass is 10.1. The molecular formula is C21H26N4O5S. The Morgan fingerprint density at radius 2 is 1.81 bits per heavy atom. The number of amides is 1. The van der Waals surface area contributed by atoms with Crippen LogP contribution >= 0.6 is 0 Å². The van der Waals surface area contributed by atoms with Gasteiger partial charge in [-0.15, -0.1) is 0 Å². The molecule has 166 valence electrons. The molecule has 9 nitrogen and oxygen atoms in total. The molecule has 1 amide bonds. The number of carbonyl (C=O) groups excluding carboxylic acids is 1. The van der Waals surface area contributed by atoms with E-state index >= 15 is 0 Å². The zero-order chi connectivity index (χ0) is 22.0. The van der Waals surface area contributed by atoms with E-state index < -0.39 is 9.84 Å². The molecule has 2 aliphatic heterocycles. The second-order valence-electron chi connectivity index (χ2n) is 7.92. The molecular weight excluding hydrogens is 420 g/mol. The number of nitrogens with zero attached hydrogens (tertiary/aromatic N) is 4. The smallest absolute Gasteiger partial charge is 0.267 e. The maximum absolute atomic E-state index is 12.8. The van der Waals surface area contributed by atoms with Crippen LogP contribution in [0.5, 0.6) is 5.75 Å². The molecule has 1 aromatic heterocycles. The van der Waals surface area contributed by atoms with Crippen molar-refractivity contribution >= 4 is 15.7 Å². The van der Waals surface area contributed by atoms with Crippen LogP contribution in [0.15, 0.2) is 41.2 Å². The van der Waals surface area contributed by atoms with Gasteiger partial charge in [-0.2, -0.15) is 5.10 Å². The van der Waals surface area contributed by atoms with Crippen molar-refractivity contribution < 1.29 is 17.9 Å². The van der Waals surface area contributed by atoms with Gasteiger partial charge >= 0.3 is 0 Å². The summed E-state index contributed by atoms with van der Waals surface area (Å²) in [6, 6.07) is 10.4. The molecule has 4 rings (SSSR count). The number of benzene rings is 1. The molecule has 0 spiro atoms. The summed E-state index contributed by atoms with van der Waals surface area (Å²) in [5.41, 5.74) is 1.09. The van der Waals surface area contributed by atoms with Crippen LogP contribution in [0.3, 0.4) is 0 Å². The van der Waals surface area contributed by atoms with E-state index in [4.69, 9.17) is 4.74 Å². The van der Waals surface area contributed by atoms with Crippen LogP contribution in [-0.2, 0) is 21.2 Å². The molecule has 0 aliphatic carbocycles. The van der Waals surface area contributed by atoms with Crippen LogP contribution < -0.4 is 10.3 Å². The fourth-order valence-electron chi connectivity index (χ4n) is 4.11. The summed E-state index contributed by atoms with van der Waals surface area (Å²) in [7, 11) is -1.33. The van der Waals surface area contributed by atoms with Crippen LogP contribution in [0.25, 0.3) is 11.3 Å². The zero-order valence-electron chi connectivity index (χ0n) is 17.4. The Morgan fingerprint density at radius 3 is 2.42 bits per heavy atom. The predicted octanol–water partition coefficient (Wildman–Crippen LogP) is 0.250. The van der Waals surface area contributed by atoms with Gasteiger partial charge in [0.25, 0.3) is 5.56 Å². The minimum absolute atomic E-state index is 0.0488. The Balaban J connectivity index is 1.39. The Bertz CT molecular complexity index is 1110. The maximum atomic E-state index is 12.8. The molecule has 2 aliphatic rings. The number of piperazine rings is 1. The van der Waals surface area contributed by atoms with Gasteiger partial charge in [-0.1, -0.05) is 0 Å². The molecule has 31 heavy (non-hydrogen) atoms. The molecule has 0 saturated carbocycles. The van der Waals surface area contributed by atoms with Crippen LogP contribution in [0, 0.1) is 0 Å². The highest BCUT2D eigenvalue weighted by molar-refractivity contribution is 7.91. The molecule has 10 heteroatoms. The van der Waals surface area contributed by atoms with Gasteiger partial charge < -0.3 is 9.64 Å². The number of carbonyl (C=O) groups is 1. The summed E-state index contributed by atoms with van der Waals surface area (Å²) in [6.45, 7) is 2.19. The van der Waals surface area contributed by atoms with E-state index in [2.05, 4.69) is 10.00 Å². The molecule has 0 N–H and O–H groups in total. The van der Waals surface area contributed by atoms with Crippen molar-refractivity contribution in [3.63, 3.8) is 0 Å². The lowest BCUT2D eigenvalue weighted by Crippen LogP contribution is -2.53. The van der Waals surface area contributed by atoms with Gasteiger partial charge in [-0.05, 0) is 36.8 Å². The quantitative estimate of drug-likeness (QED) is 0.649.